The lowest BCUT2D eigenvalue weighted by atomic mass is 10.0. The number of aryl methyl sites for hydroxylation is 1. The summed E-state index contributed by atoms with van der Waals surface area (Å²) in [5.74, 6) is -0.564. The standard InChI is InChI=1S/C11H14F3NO3.ClH/c1-6-2-9(18-11(12,13)14)4-7(10(6)17)3-8(15)5-16;/h2,4,8,16-17H,3,5,15H2,1H3;1H. The average molecular weight is 302 g/mol. The van der Waals surface area contributed by atoms with Crippen molar-refractivity contribution in [3.8, 4) is 11.5 Å². The summed E-state index contributed by atoms with van der Waals surface area (Å²) in [5, 5.41) is 18.5. The van der Waals surface area contributed by atoms with E-state index in [1.165, 1.54) is 6.92 Å². The normalized spacial score (nSPS) is 12.7. The van der Waals surface area contributed by atoms with E-state index in [4.69, 9.17) is 10.8 Å². The minimum atomic E-state index is -4.79. The Morgan fingerprint density at radius 3 is 2.42 bits per heavy atom. The minimum Gasteiger partial charge on any atom is -0.507 e. The molecule has 0 amide bonds. The van der Waals surface area contributed by atoms with E-state index in [-0.39, 0.29) is 42.3 Å². The largest absolute Gasteiger partial charge is 0.573 e. The molecule has 8 heteroatoms. The van der Waals surface area contributed by atoms with Crippen LogP contribution in [0.25, 0.3) is 0 Å². The van der Waals surface area contributed by atoms with Crippen LogP contribution in [0.4, 0.5) is 13.2 Å². The summed E-state index contributed by atoms with van der Waals surface area (Å²) in [4.78, 5) is 0. The maximum Gasteiger partial charge on any atom is 0.573 e. The molecule has 0 fully saturated rings. The van der Waals surface area contributed by atoms with Crippen molar-refractivity contribution in [3.63, 3.8) is 0 Å². The summed E-state index contributed by atoms with van der Waals surface area (Å²) >= 11 is 0. The van der Waals surface area contributed by atoms with Crippen molar-refractivity contribution in [2.75, 3.05) is 6.61 Å². The van der Waals surface area contributed by atoms with E-state index in [0.29, 0.717) is 0 Å². The first-order valence-corrected chi connectivity index (χ1v) is 5.17. The molecule has 0 aliphatic heterocycles. The van der Waals surface area contributed by atoms with Crippen LogP contribution in [0.5, 0.6) is 11.5 Å². The molecule has 0 radical (unpaired) electrons. The molecule has 110 valence electrons. The average Bonchev–Trinajstić information content (AvgIpc) is 2.22. The van der Waals surface area contributed by atoms with Gasteiger partial charge in [0.25, 0.3) is 0 Å². The zero-order chi connectivity index (χ0) is 13.9. The lowest BCUT2D eigenvalue weighted by molar-refractivity contribution is -0.274. The zero-order valence-corrected chi connectivity index (χ0v) is 10.9. The Bertz CT molecular complexity index is 426. The van der Waals surface area contributed by atoms with Crippen LogP contribution in [0.3, 0.4) is 0 Å². The van der Waals surface area contributed by atoms with E-state index < -0.39 is 18.2 Å². The maximum atomic E-state index is 12.1. The number of alkyl halides is 3. The smallest absolute Gasteiger partial charge is 0.507 e. The van der Waals surface area contributed by atoms with Crippen LogP contribution < -0.4 is 10.5 Å². The van der Waals surface area contributed by atoms with Crippen molar-refractivity contribution >= 4 is 12.4 Å². The van der Waals surface area contributed by atoms with Gasteiger partial charge in [0.2, 0.25) is 0 Å². The Labute approximate surface area is 114 Å². The lowest BCUT2D eigenvalue weighted by Crippen LogP contribution is -2.27. The maximum absolute atomic E-state index is 12.1. The highest BCUT2D eigenvalue weighted by molar-refractivity contribution is 5.85. The highest BCUT2D eigenvalue weighted by atomic mass is 35.5. The van der Waals surface area contributed by atoms with Gasteiger partial charge >= 0.3 is 6.36 Å². The van der Waals surface area contributed by atoms with Gasteiger partial charge in [-0.2, -0.15) is 0 Å². The topological polar surface area (TPSA) is 75.7 Å². The van der Waals surface area contributed by atoms with Crippen LogP contribution in [-0.4, -0.2) is 29.2 Å². The molecule has 0 saturated carbocycles. The molecule has 4 nitrogen and oxygen atoms in total. The van der Waals surface area contributed by atoms with Crippen LogP contribution in [0.15, 0.2) is 12.1 Å². The molecule has 1 atom stereocenters. The summed E-state index contributed by atoms with van der Waals surface area (Å²) < 4.78 is 40.0. The van der Waals surface area contributed by atoms with Crippen molar-refractivity contribution in [2.45, 2.75) is 25.7 Å². The molecule has 0 heterocycles. The first kappa shape index (κ1) is 17.8. The van der Waals surface area contributed by atoms with Gasteiger partial charge in [-0.15, -0.1) is 25.6 Å². The molecule has 0 spiro atoms. The summed E-state index contributed by atoms with van der Waals surface area (Å²) in [5.41, 5.74) is 5.93. The number of hydrogen-bond donors (Lipinski definition) is 3. The van der Waals surface area contributed by atoms with E-state index in [9.17, 15) is 18.3 Å². The molecule has 0 saturated heterocycles. The fourth-order valence-corrected chi connectivity index (χ4v) is 1.51. The quantitative estimate of drug-likeness (QED) is 0.794. The van der Waals surface area contributed by atoms with Crippen molar-refractivity contribution in [1.29, 1.82) is 0 Å². The number of aromatic hydroxyl groups is 1. The van der Waals surface area contributed by atoms with E-state index >= 15 is 0 Å². The second kappa shape index (κ2) is 6.83. The number of nitrogens with two attached hydrogens (primary N) is 1. The van der Waals surface area contributed by atoms with Crippen LogP contribution >= 0.6 is 12.4 Å². The fourth-order valence-electron chi connectivity index (χ4n) is 1.51. The van der Waals surface area contributed by atoms with Crippen molar-refractivity contribution in [1.82, 2.24) is 0 Å². The fraction of sp³-hybridized carbons (Fsp3) is 0.455. The molecule has 0 aliphatic carbocycles. The number of hydrogen-bond acceptors (Lipinski definition) is 4. The molecule has 0 bridgehead atoms. The van der Waals surface area contributed by atoms with E-state index in [2.05, 4.69) is 4.74 Å². The number of phenols is 1. The predicted octanol–water partition coefficient (Wildman–Crippen LogP) is 1.88. The van der Waals surface area contributed by atoms with E-state index in [1.807, 2.05) is 0 Å². The Kier molecular flexibility index (Phi) is 6.41. The van der Waals surface area contributed by atoms with E-state index in [0.717, 1.165) is 12.1 Å². The number of halogens is 4. The first-order valence-electron chi connectivity index (χ1n) is 5.17. The molecule has 1 unspecified atom stereocenters. The van der Waals surface area contributed by atoms with Crippen LogP contribution in [0.1, 0.15) is 11.1 Å². The molecular formula is C11H15ClF3NO3. The van der Waals surface area contributed by atoms with E-state index in [1.54, 1.807) is 0 Å². The number of aliphatic hydroxyl groups excluding tert-OH is 1. The van der Waals surface area contributed by atoms with Crippen LogP contribution in [0.2, 0.25) is 0 Å². The molecule has 0 aromatic heterocycles. The van der Waals surface area contributed by atoms with Crippen molar-refractivity contribution < 1.29 is 28.1 Å². The van der Waals surface area contributed by atoms with Crippen molar-refractivity contribution in [3.05, 3.63) is 23.3 Å². The van der Waals surface area contributed by atoms with Gasteiger partial charge in [0.15, 0.2) is 0 Å². The Morgan fingerprint density at radius 1 is 1.37 bits per heavy atom. The van der Waals surface area contributed by atoms with Gasteiger partial charge in [0.05, 0.1) is 6.61 Å². The van der Waals surface area contributed by atoms with Gasteiger partial charge in [-0.25, -0.2) is 0 Å². The minimum absolute atomic E-state index is 0. The summed E-state index contributed by atoms with van der Waals surface area (Å²) in [6, 6.07) is 1.48. The Hall–Kier alpha value is -1.18. The van der Waals surface area contributed by atoms with Gasteiger partial charge in [-0.05, 0) is 36.6 Å². The number of aliphatic hydroxyl groups is 1. The predicted molar refractivity (Wildman–Crippen MR) is 65.5 cm³/mol. The third-order valence-electron chi connectivity index (χ3n) is 2.30. The molecule has 4 N–H and O–H groups in total. The third-order valence-corrected chi connectivity index (χ3v) is 2.30. The molecule has 1 aromatic carbocycles. The number of benzene rings is 1. The second-order valence-corrected chi connectivity index (χ2v) is 3.94. The number of ether oxygens (including phenoxy) is 1. The van der Waals surface area contributed by atoms with Crippen LogP contribution in [-0.2, 0) is 6.42 Å². The molecule has 0 aliphatic rings. The molecule has 1 rings (SSSR count). The Morgan fingerprint density at radius 2 is 1.95 bits per heavy atom. The van der Waals surface area contributed by atoms with Crippen molar-refractivity contribution in [2.24, 2.45) is 5.73 Å². The Balaban J connectivity index is 0.00000324. The number of phenolic OH excluding ortho intramolecular Hbond substituents is 1. The summed E-state index contributed by atoms with van der Waals surface area (Å²) in [6.45, 7) is 1.12. The number of rotatable bonds is 4. The highest BCUT2D eigenvalue weighted by Crippen LogP contribution is 2.31. The lowest BCUT2D eigenvalue weighted by Gasteiger charge is -2.15. The van der Waals surface area contributed by atoms with Gasteiger partial charge in [-0.3, -0.25) is 0 Å². The summed E-state index contributed by atoms with van der Waals surface area (Å²) in [6.07, 6.45) is -4.74. The summed E-state index contributed by atoms with van der Waals surface area (Å²) in [7, 11) is 0. The van der Waals surface area contributed by atoms with Crippen LogP contribution in [0, 0.1) is 6.92 Å². The van der Waals surface area contributed by atoms with Gasteiger partial charge in [-0.1, -0.05) is 0 Å². The van der Waals surface area contributed by atoms with Gasteiger partial charge in [0, 0.05) is 6.04 Å². The molecule has 1 aromatic rings. The highest BCUT2D eigenvalue weighted by Gasteiger charge is 2.31. The zero-order valence-electron chi connectivity index (χ0n) is 10.1. The molecule has 19 heavy (non-hydrogen) atoms. The SMILES string of the molecule is Cc1cc(OC(F)(F)F)cc(CC(N)CO)c1O.Cl. The first-order chi connectivity index (χ1) is 8.23. The third kappa shape index (κ3) is 5.54. The second-order valence-electron chi connectivity index (χ2n) is 3.94. The van der Waals surface area contributed by atoms with Gasteiger partial charge in [0.1, 0.15) is 11.5 Å². The molecular weight excluding hydrogens is 287 g/mol. The monoisotopic (exact) mass is 301 g/mol. The van der Waals surface area contributed by atoms with Gasteiger partial charge < -0.3 is 20.7 Å².